The van der Waals surface area contributed by atoms with Crippen molar-refractivity contribution in [2.45, 2.75) is 38.3 Å². The highest BCUT2D eigenvalue weighted by Crippen LogP contribution is 2.31. The van der Waals surface area contributed by atoms with Gasteiger partial charge < -0.3 is 15.5 Å². The van der Waals surface area contributed by atoms with Crippen LogP contribution in [0.1, 0.15) is 26.2 Å². The Balaban J connectivity index is 1.96. The van der Waals surface area contributed by atoms with E-state index in [0.717, 1.165) is 25.8 Å². The predicted octanol–water partition coefficient (Wildman–Crippen LogP) is -0.443. The van der Waals surface area contributed by atoms with Gasteiger partial charge in [-0.25, -0.2) is 0 Å². The first-order valence-electron chi connectivity index (χ1n) is 5.90. The summed E-state index contributed by atoms with van der Waals surface area (Å²) in [6, 6.07) is 0.635. The van der Waals surface area contributed by atoms with Gasteiger partial charge in [0.2, 0.25) is 11.8 Å². The number of hydrogen-bond acceptors (Lipinski definition) is 3. The molecule has 0 aromatic rings. The van der Waals surface area contributed by atoms with Crippen molar-refractivity contribution < 1.29 is 9.59 Å². The Morgan fingerprint density at radius 1 is 1.31 bits per heavy atom. The highest BCUT2D eigenvalue weighted by Gasteiger charge is 2.39. The monoisotopic (exact) mass is 225 g/mol. The summed E-state index contributed by atoms with van der Waals surface area (Å²) >= 11 is 0. The van der Waals surface area contributed by atoms with Crippen molar-refractivity contribution in [2.75, 3.05) is 19.6 Å². The van der Waals surface area contributed by atoms with E-state index in [1.54, 1.807) is 11.8 Å². The lowest BCUT2D eigenvalue weighted by Crippen LogP contribution is -2.43. The van der Waals surface area contributed by atoms with Gasteiger partial charge in [-0.15, -0.1) is 0 Å². The molecule has 1 aliphatic carbocycles. The molecule has 0 spiro atoms. The average Bonchev–Trinajstić information content (AvgIpc) is 2.94. The first-order chi connectivity index (χ1) is 7.63. The van der Waals surface area contributed by atoms with Crippen LogP contribution in [-0.4, -0.2) is 53.3 Å². The van der Waals surface area contributed by atoms with Crippen LogP contribution in [0.5, 0.6) is 0 Å². The zero-order valence-electron chi connectivity index (χ0n) is 9.69. The maximum atomic E-state index is 11.6. The Morgan fingerprint density at radius 2 is 2.00 bits per heavy atom. The maximum Gasteiger partial charge on any atom is 0.236 e. The van der Waals surface area contributed by atoms with Gasteiger partial charge in [0.05, 0.1) is 12.6 Å². The van der Waals surface area contributed by atoms with Gasteiger partial charge in [-0.2, -0.15) is 0 Å². The smallest absolute Gasteiger partial charge is 0.236 e. The summed E-state index contributed by atoms with van der Waals surface area (Å²) < 4.78 is 0. The fourth-order valence-corrected chi connectivity index (χ4v) is 2.49. The Morgan fingerprint density at radius 3 is 2.50 bits per heavy atom. The Kier molecular flexibility index (Phi) is 3.14. The van der Waals surface area contributed by atoms with Gasteiger partial charge >= 0.3 is 0 Å². The zero-order valence-corrected chi connectivity index (χ0v) is 9.69. The van der Waals surface area contributed by atoms with Crippen molar-refractivity contribution in [2.24, 2.45) is 5.73 Å². The molecule has 0 unspecified atom stereocenters. The van der Waals surface area contributed by atoms with Crippen molar-refractivity contribution in [3.05, 3.63) is 0 Å². The number of carbonyl (C=O) groups is 2. The Bertz CT molecular complexity index is 302. The molecule has 0 bridgehead atoms. The number of hydrogen-bond donors (Lipinski definition) is 1. The lowest BCUT2D eigenvalue weighted by molar-refractivity contribution is -0.133. The van der Waals surface area contributed by atoms with Gasteiger partial charge in [-0.1, -0.05) is 0 Å². The second-order valence-corrected chi connectivity index (χ2v) is 4.64. The number of carbonyl (C=O) groups excluding carboxylic acids is 2. The molecule has 1 aliphatic heterocycles. The number of likely N-dealkylation sites (tertiary alicyclic amines) is 1. The second kappa shape index (κ2) is 4.41. The molecule has 1 saturated carbocycles. The largest absolute Gasteiger partial charge is 0.339 e. The van der Waals surface area contributed by atoms with E-state index in [1.807, 2.05) is 4.90 Å². The number of amides is 2. The number of rotatable bonds is 3. The minimum atomic E-state index is -0.0122. The SMILES string of the molecule is CC(=O)N(C1CC1)[C@@H]1CCN(C(=O)CN)C1. The van der Waals surface area contributed by atoms with Crippen molar-refractivity contribution >= 4 is 11.8 Å². The molecule has 1 atom stereocenters. The normalized spacial score (nSPS) is 24.6. The van der Waals surface area contributed by atoms with Gasteiger partial charge in [0.25, 0.3) is 0 Å². The van der Waals surface area contributed by atoms with E-state index in [2.05, 4.69) is 0 Å². The molecule has 0 aromatic carbocycles. The van der Waals surface area contributed by atoms with E-state index in [9.17, 15) is 9.59 Å². The summed E-state index contributed by atoms with van der Waals surface area (Å²) in [5, 5.41) is 0. The van der Waals surface area contributed by atoms with Crippen LogP contribution in [0, 0.1) is 0 Å². The Hall–Kier alpha value is -1.10. The molecule has 5 heteroatoms. The highest BCUT2D eigenvalue weighted by molar-refractivity contribution is 5.79. The quantitative estimate of drug-likeness (QED) is 0.708. The molecule has 1 heterocycles. The lowest BCUT2D eigenvalue weighted by atomic mass is 10.2. The van der Waals surface area contributed by atoms with Crippen LogP contribution >= 0.6 is 0 Å². The molecule has 16 heavy (non-hydrogen) atoms. The summed E-state index contributed by atoms with van der Waals surface area (Å²) in [6.45, 7) is 3.07. The number of nitrogens with two attached hydrogens (primary N) is 1. The summed E-state index contributed by atoms with van der Waals surface area (Å²) in [6.07, 6.45) is 3.11. The molecule has 0 radical (unpaired) electrons. The minimum Gasteiger partial charge on any atom is -0.339 e. The molecule has 2 N–H and O–H groups in total. The van der Waals surface area contributed by atoms with Crippen molar-refractivity contribution in [1.82, 2.24) is 9.80 Å². The highest BCUT2D eigenvalue weighted by atomic mass is 16.2. The van der Waals surface area contributed by atoms with Gasteiger partial charge in [0, 0.05) is 26.1 Å². The van der Waals surface area contributed by atoms with E-state index in [0.29, 0.717) is 12.6 Å². The van der Waals surface area contributed by atoms with Crippen LogP contribution in [0.15, 0.2) is 0 Å². The van der Waals surface area contributed by atoms with Crippen LogP contribution in [0.2, 0.25) is 0 Å². The van der Waals surface area contributed by atoms with Crippen LogP contribution in [-0.2, 0) is 9.59 Å². The lowest BCUT2D eigenvalue weighted by Gasteiger charge is -2.28. The fraction of sp³-hybridized carbons (Fsp3) is 0.818. The van der Waals surface area contributed by atoms with E-state index in [1.165, 1.54) is 0 Å². The molecule has 0 aromatic heterocycles. The van der Waals surface area contributed by atoms with E-state index < -0.39 is 0 Å². The zero-order chi connectivity index (χ0) is 11.7. The molecule has 2 aliphatic rings. The molecular formula is C11H19N3O2. The number of nitrogens with zero attached hydrogens (tertiary/aromatic N) is 2. The third-order valence-electron chi connectivity index (χ3n) is 3.39. The summed E-state index contributed by atoms with van der Waals surface area (Å²) in [7, 11) is 0. The van der Waals surface area contributed by atoms with Crippen molar-refractivity contribution in [3.8, 4) is 0 Å². The van der Waals surface area contributed by atoms with E-state index in [-0.39, 0.29) is 24.4 Å². The first kappa shape index (κ1) is 11.4. The molecule has 90 valence electrons. The first-order valence-corrected chi connectivity index (χ1v) is 5.90. The van der Waals surface area contributed by atoms with E-state index in [4.69, 9.17) is 5.73 Å². The van der Waals surface area contributed by atoms with Gasteiger partial charge in [0.15, 0.2) is 0 Å². The summed E-state index contributed by atoms with van der Waals surface area (Å²) in [5.74, 6) is 0.122. The van der Waals surface area contributed by atoms with Gasteiger partial charge in [0.1, 0.15) is 0 Å². The van der Waals surface area contributed by atoms with Crippen LogP contribution in [0.25, 0.3) is 0 Å². The molecule has 2 rings (SSSR count). The van der Waals surface area contributed by atoms with Crippen LogP contribution in [0.3, 0.4) is 0 Å². The Labute approximate surface area is 95.6 Å². The summed E-state index contributed by atoms with van der Waals surface area (Å²) in [4.78, 5) is 26.7. The van der Waals surface area contributed by atoms with Crippen molar-refractivity contribution in [1.29, 1.82) is 0 Å². The third-order valence-corrected chi connectivity index (χ3v) is 3.39. The summed E-state index contributed by atoms with van der Waals surface area (Å²) in [5.41, 5.74) is 5.33. The fourth-order valence-electron chi connectivity index (χ4n) is 2.49. The minimum absolute atomic E-state index is 0.0122. The standard InChI is InChI=1S/C11H19N3O2/c1-8(15)14(9-2-3-9)10-4-5-13(7-10)11(16)6-12/h9-10H,2-7,12H2,1H3/t10-/m1/s1. The molecule has 2 amide bonds. The third kappa shape index (κ3) is 2.19. The molecular weight excluding hydrogens is 206 g/mol. The molecule has 1 saturated heterocycles. The van der Waals surface area contributed by atoms with Gasteiger partial charge in [-0.05, 0) is 19.3 Å². The van der Waals surface area contributed by atoms with E-state index >= 15 is 0 Å². The topological polar surface area (TPSA) is 66.6 Å². The van der Waals surface area contributed by atoms with Crippen molar-refractivity contribution in [3.63, 3.8) is 0 Å². The van der Waals surface area contributed by atoms with Crippen LogP contribution in [0.4, 0.5) is 0 Å². The maximum absolute atomic E-state index is 11.6. The van der Waals surface area contributed by atoms with Crippen LogP contribution < -0.4 is 5.73 Å². The average molecular weight is 225 g/mol. The second-order valence-electron chi connectivity index (χ2n) is 4.64. The molecule has 5 nitrogen and oxygen atoms in total. The molecule has 2 fully saturated rings. The van der Waals surface area contributed by atoms with Gasteiger partial charge in [-0.3, -0.25) is 9.59 Å². The predicted molar refractivity (Wildman–Crippen MR) is 59.6 cm³/mol.